The molecular formula is C18H25N3O4S2. The van der Waals surface area contributed by atoms with Gasteiger partial charge in [-0.3, -0.25) is 4.79 Å². The third kappa shape index (κ3) is 5.83. The number of hydrogen-bond donors (Lipinski definition) is 2. The summed E-state index contributed by atoms with van der Waals surface area (Å²) >= 11 is 1.39. The molecule has 0 aliphatic carbocycles. The maximum absolute atomic E-state index is 12.5. The highest BCUT2D eigenvalue weighted by atomic mass is 32.2. The number of benzene rings is 1. The Bertz CT molecular complexity index is 877. The Hall–Kier alpha value is -1.81. The average molecular weight is 412 g/mol. The minimum Gasteiger partial charge on any atom is -0.383 e. The van der Waals surface area contributed by atoms with Crippen LogP contribution in [0.4, 0.5) is 5.69 Å². The topological polar surface area (TPSA) is 97.4 Å². The van der Waals surface area contributed by atoms with Crippen LogP contribution < -0.4 is 10.0 Å². The highest BCUT2D eigenvalue weighted by Gasteiger charge is 2.18. The van der Waals surface area contributed by atoms with Gasteiger partial charge in [0.25, 0.3) is 5.91 Å². The zero-order chi connectivity index (χ0) is 20.0. The molecule has 148 valence electrons. The molecule has 1 unspecified atom stereocenters. The number of nitrogens with one attached hydrogen (secondary N) is 2. The number of carbonyl (C=O) groups is 1. The molecule has 0 saturated heterocycles. The lowest BCUT2D eigenvalue weighted by molar-refractivity contribution is 0.103. The van der Waals surface area contributed by atoms with Gasteiger partial charge >= 0.3 is 0 Å². The van der Waals surface area contributed by atoms with Crippen LogP contribution in [0.15, 0.2) is 29.2 Å². The summed E-state index contributed by atoms with van der Waals surface area (Å²) in [6.07, 6.45) is 1.82. The van der Waals surface area contributed by atoms with Crippen molar-refractivity contribution in [2.75, 3.05) is 19.0 Å². The summed E-state index contributed by atoms with van der Waals surface area (Å²) in [5.41, 5.74) is 1.23. The van der Waals surface area contributed by atoms with E-state index in [0.29, 0.717) is 16.3 Å². The number of aryl methyl sites for hydroxylation is 2. The van der Waals surface area contributed by atoms with Gasteiger partial charge in [-0.05, 0) is 51.0 Å². The number of amides is 1. The minimum absolute atomic E-state index is 0.127. The van der Waals surface area contributed by atoms with Gasteiger partial charge in [-0.1, -0.05) is 6.92 Å². The zero-order valence-electron chi connectivity index (χ0n) is 15.9. The van der Waals surface area contributed by atoms with Crippen molar-refractivity contribution in [2.24, 2.45) is 0 Å². The molecule has 7 nitrogen and oxygen atoms in total. The number of sulfonamides is 1. The van der Waals surface area contributed by atoms with Crippen LogP contribution in [-0.2, 0) is 21.2 Å². The maximum Gasteiger partial charge on any atom is 0.267 e. The van der Waals surface area contributed by atoms with Crippen molar-refractivity contribution in [3.05, 3.63) is 39.8 Å². The number of thiazole rings is 1. The van der Waals surface area contributed by atoms with Gasteiger partial charge < -0.3 is 10.1 Å². The molecule has 0 radical (unpaired) electrons. The van der Waals surface area contributed by atoms with Crippen LogP contribution in [-0.4, -0.2) is 39.1 Å². The van der Waals surface area contributed by atoms with Crippen LogP contribution in [0.1, 0.15) is 40.6 Å². The molecular weight excluding hydrogens is 386 g/mol. The smallest absolute Gasteiger partial charge is 0.267 e. The van der Waals surface area contributed by atoms with Gasteiger partial charge in [0, 0.05) is 18.8 Å². The molecule has 0 aliphatic rings. The van der Waals surface area contributed by atoms with E-state index < -0.39 is 10.0 Å². The van der Waals surface area contributed by atoms with Crippen LogP contribution in [0.2, 0.25) is 0 Å². The molecule has 0 fully saturated rings. The van der Waals surface area contributed by atoms with E-state index in [1.807, 2.05) is 6.92 Å². The summed E-state index contributed by atoms with van der Waals surface area (Å²) < 4.78 is 32.1. The van der Waals surface area contributed by atoms with E-state index in [9.17, 15) is 13.2 Å². The van der Waals surface area contributed by atoms with Crippen molar-refractivity contribution < 1.29 is 17.9 Å². The first kappa shape index (κ1) is 21.5. The van der Waals surface area contributed by atoms with E-state index in [-0.39, 0.29) is 23.5 Å². The van der Waals surface area contributed by atoms with Crippen LogP contribution in [0.3, 0.4) is 0 Å². The molecule has 9 heteroatoms. The van der Waals surface area contributed by atoms with Gasteiger partial charge in [-0.2, -0.15) is 0 Å². The predicted molar refractivity (Wildman–Crippen MR) is 107 cm³/mol. The summed E-state index contributed by atoms with van der Waals surface area (Å²) in [5.74, 6) is -0.241. The second kappa shape index (κ2) is 9.41. The quantitative estimate of drug-likeness (QED) is 0.661. The molecule has 1 aromatic carbocycles. The highest BCUT2D eigenvalue weighted by molar-refractivity contribution is 7.89. The monoisotopic (exact) mass is 411 g/mol. The van der Waals surface area contributed by atoms with E-state index in [4.69, 9.17) is 4.74 Å². The largest absolute Gasteiger partial charge is 0.383 e. The first-order chi connectivity index (χ1) is 12.8. The fourth-order valence-electron chi connectivity index (χ4n) is 2.51. The standard InChI is InChI=1S/C18H25N3O4S2/c1-5-6-16-19-13(3)17(26-16)18(22)20-14-7-9-15(10-8-14)27(23,24)21-12(2)11-25-4/h7-10,12,21H,5-6,11H2,1-4H3,(H,20,22). The third-order valence-corrected chi connectivity index (χ3v) is 6.53. The van der Waals surface area contributed by atoms with Crippen LogP contribution in [0, 0.1) is 6.92 Å². The number of nitrogens with zero attached hydrogens (tertiary/aromatic N) is 1. The average Bonchev–Trinajstić information content (AvgIpc) is 2.96. The van der Waals surface area contributed by atoms with Crippen molar-refractivity contribution in [3.8, 4) is 0 Å². The summed E-state index contributed by atoms with van der Waals surface area (Å²) in [5, 5.41) is 3.73. The minimum atomic E-state index is -3.64. The second-order valence-corrected chi connectivity index (χ2v) is 9.03. The SMILES string of the molecule is CCCc1nc(C)c(C(=O)Nc2ccc(S(=O)(=O)NC(C)COC)cc2)s1. The van der Waals surface area contributed by atoms with Crippen LogP contribution in [0.5, 0.6) is 0 Å². The van der Waals surface area contributed by atoms with Gasteiger partial charge in [0.2, 0.25) is 10.0 Å². The lowest BCUT2D eigenvalue weighted by atomic mass is 10.3. The summed E-state index contributed by atoms with van der Waals surface area (Å²) in [4.78, 5) is 17.6. The number of rotatable bonds is 9. The number of hydrogen-bond acceptors (Lipinski definition) is 6. The summed E-state index contributed by atoms with van der Waals surface area (Å²) in [6.45, 7) is 5.88. The lowest BCUT2D eigenvalue weighted by Crippen LogP contribution is -2.35. The highest BCUT2D eigenvalue weighted by Crippen LogP contribution is 2.21. The van der Waals surface area contributed by atoms with Gasteiger partial charge in [0.1, 0.15) is 4.88 Å². The van der Waals surface area contributed by atoms with Crippen molar-refractivity contribution in [1.29, 1.82) is 0 Å². The molecule has 1 aromatic heterocycles. The molecule has 2 N–H and O–H groups in total. The molecule has 1 heterocycles. The van der Waals surface area contributed by atoms with Gasteiger partial charge in [0.15, 0.2) is 0 Å². The lowest BCUT2D eigenvalue weighted by Gasteiger charge is -2.13. The number of ether oxygens (including phenoxy) is 1. The molecule has 0 bridgehead atoms. The Labute approximate surface area is 164 Å². The van der Waals surface area contributed by atoms with Crippen LogP contribution >= 0.6 is 11.3 Å². The second-order valence-electron chi connectivity index (χ2n) is 6.23. The first-order valence-electron chi connectivity index (χ1n) is 8.65. The Morgan fingerprint density at radius 3 is 2.56 bits per heavy atom. The molecule has 2 rings (SSSR count). The maximum atomic E-state index is 12.5. The van der Waals surface area contributed by atoms with Crippen molar-refractivity contribution in [3.63, 3.8) is 0 Å². The fraction of sp³-hybridized carbons (Fsp3) is 0.444. The molecule has 27 heavy (non-hydrogen) atoms. The number of aromatic nitrogens is 1. The van der Waals surface area contributed by atoms with E-state index in [1.165, 1.54) is 30.6 Å². The molecule has 2 aromatic rings. The third-order valence-electron chi connectivity index (χ3n) is 3.71. The Kier molecular flexibility index (Phi) is 7.49. The van der Waals surface area contributed by atoms with Crippen molar-refractivity contribution in [1.82, 2.24) is 9.71 Å². The molecule has 1 amide bonds. The molecule has 0 saturated carbocycles. The number of methoxy groups -OCH3 is 1. The van der Waals surface area contributed by atoms with Crippen LogP contribution in [0.25, 0.3) is 0 Å². The summed E-state index contributed by atoms with van der Waals surface area (Å²) in [6, 6.07) is 5.71. The van der Waals surface area contributed by atoms with E-state index in [1.54, 1.807) is 19.1 Å². The van der Waals surface area contributed by atoms with E-state index in [2.05, 4.69) is 21.9 Å². The predicted octanol–water partition coefficient (Wildman–Crippen LogP) is 2.97. The fourth-order valence-corrected chi connectivity index (χ4v) is 4.80. The number of carbonyl (C=O) groups excluding carboxylic acids is 1. The van der Waals surface area contributed by atoms with Gasteiger partial charge in [-0.25, -0.2) is 18.1 Å². The normalized spacial score (nSPS) is 12.7. The van der Waals surface area contributed by atoms with E-state index >= 15 is 0 Å². The summed E-state index contributed by atoms with van der Waals surface area (Å²) in [7, 11) is -2.13. The van der Waals surface area contributed by atoms with Crippen molar-refractivity contribution in [2.45, 2.75) is 44.6 Å². The number of anilines is 1. The Morgan fingerprint density at radius 1 is 1.30 bits per heavy atom. The van der Waals surface area contributed by atoms with Gasteiger partial charge in [-0.15, -0.1) is 11.3 Å². The first-order valence-corrected chi connectivity index (χ1v) is 11.0. The molecule has 0 aliphatic heterocycles. The van der Waals surface area contributed by atoms with Crippen molar-refractivity contribution >= 4 is 33.0 Å². The molecule has 0 spiro atoms. The Morgan fingerprint density at radius 2 is 1.96 bits per heavy atom. The molecule has 1 atom stereocenters. The van der Waals surface area contributed by atoms with Gasteiger partial charge in [0.05, 0.1) is 22.2 Å². The zero-order valence-corrected chi connectivity index (χ0v) is 17.5. The van der Waals surface area contributed by atoms with E-state index in [0.717, 1.165) is 17.8 Å². The Balaban J connectivity index is 2.08.